The van der Waals surface area contributed by atoms with Crippen LogP contribution >= 0.6 is 11.3 Å². The third-order valence-electron chi connectivity index (χ3n) is 4.55. The summed E-state index contributed by atoms with van der Waals surface area (Å²) in [4.78, 5) is 13.4. The molecule has 0 aliphatic rings. The van der Waals surface area contributed by atoms with E-state index in [4.69, 9.17) is 4.74 Å². The van der Waals surface area contributed by atoms with Crippen LogP contribution in [0.25, 0.3) is 10.2 Å². The van der Waals surface area contributed by atoms with Crippen molar-refractivity contribution in [3.8, 4) is 5.75 Å². The molecule has 3 rings (SSSR count). The van der Waals surface area contributed by atoms with Crippen molar-refractivity contribution in [2.75, 3.05) is 33.1 Å². The van der Waals surface area contributed by atoms with Gasteiger partial charge in [-0.3, -0.25) is 0 Å². The third kappa shape index (κ3) is 3.60. The van der Waals surface area contributed by atoms with Crippen LogP contribution in [0.5, 0.6) is 5.75 Å². The average molecular weight is 356 g/mol. The largest absolute Gasteiger partial charge is 0.497 e. The van der Waals surface area contributed by atoms with Gasteiger partial charge in [-0.2, -0.15) is 0 Å². The van der Waals surface area contributed by atoms with Crippen LogP contribution in [0.4, 0.5) is 5.82 Å². The first kappa shape index (κ1) is 17.6. The number of nitrogens with zero attached hydrogens (tertiary/aromatic N) is 3. The van der Waals surface area contributed by atoms with E-state index in [2.05, 4.69) is 60.3 Å². The van der Waals surface area contributed by atoms with Gasteiger partial charge in [-0.25, -0.2) is 9.97 Å². The highest BCUT2D eigenvalue weighted by atomic mass is 32.1. The van der Waals surface area contributed by atoms with Gasteiger partial charge in [-0.05, 0) is 51.2 Å². The molecule has 2 heterocycles. The van der Waals surface area contributed by atoms with E-state index in [1.165, 1.54) is 16.0 Å². The van der Waals surface area contributed by atoms with Crippen LogP contribution in [0.1, 0.15) is 22.0 Å². The summed E-state index contributed by atoms with van der Waals surface area (Å²) in [6.45, 7) is 5.03. The van der Waals surface area contributed by atoms with Gasteiger partial charge in [0.1, 0.15) is 22.7 Å². The van der Waals surface area contributed by atoms with Gasteiger partial charge in [-0.1, -0.05) is 12.1 Å². The van der Waals surface area contributed by atoms with Gasteiger partial charge >= 0.3 is 0 Å². The molecule has 2 aromatic heterocycles. The number of thiophene rings is 1. The zero-order valence-electron chi connectivity index (χ0n) is 15.3. The summed E-state index contributed by atoms with van der Waals surface area (Å²) < 4.78 is 5.26. The number of aromatic nitrogens is 2. The number of likely N-dealkylation sites (N-methyl/N-ethyl adjacent to an activating group) is 1. The lowest BCUT2D eigenvalue weighted by Gasteiger charge is -2.25. The quantitative estimate of drug-likeness (QED) is 0.722. The number of anilines is 1. The number of methoxy groups -OCH3 is 1. The molecule has 0 saturated carbocycles. The number of benzene rings is 1. The van der Waals surface area contributed by atoms with Gasteiger partial charge in [-0.15, -0.1) is 11.3 Å². The van der Waals surface area contributed by atoms with Crippen LogP contribution in [0.3, 0.4) is 0 Å². The van der Waals surface area contributed by atoms with Gasteiger partial charge < -0.3 is 15.0 Å². The summed E-state index contributed by atoms with van der Waals surface area (Å²) >= 11 is 1.72. The van der Waals surface area contributed by atoms with Crippen molar-refractivity contribution in [1.82, 2.24) is 14.9 Å². The smallest absolute Gasteiger partial charge is 0.138 e. The molecule has 132 valence electrons. The van der Waals surface area contributed by atoms with Crippen LogP contribution in [0.2, 0.25) is 0 Å². The van der Waals surface area contributed by atoms with E-state index >= 15 is 0 Å². The summed E-state index contributed by atoms with van der Waals surface area (Å²) in [5.41, 5.74) is 2.50. The number of ether oxygens (including phenoxy) is 1. The van der Waals surface area contributed by atoms with Crippen molar-refractivity contribution in [3.05, 3.63) is 46.6 Å². The summed E-state index contributed by atoms with van der Waals surface area (Å²) in [5, 5.41) is 4.67. The van der Waals surface area contributed by atoms with Crippen molar-refractivity contribution < 1.29 is 4.74 Å². The van der Waals surface area contributed by atoms with Crippen LogP contribution in [-0.2, 0) is 0 Å². The summed E-state index contributed by atoms with van der Waals surface area (Å²) in [6, 6.07) is 8.46. The van der Waals surface area contributed by atoms with E-state index in [9.17, 15) is 0 Å². The van der Waals surface area contributed by atoms with Crippen LogP contribution in [0, 0.1) is 13.8 Å². The molecular weight excluding hydrogens is 332 g/mol. The molecule has 0 unspecified atom stereocenters. The highest BCUT2D eigenvalue weighted by Crippen LogP contribution is 2.33. The lowest BCUT2D eigenvalue weighted by molar-refractivity contribution is 0.311. The molecule has 1 aromatic carbocycles. The first-order valence-corrected chi connectivity index (χ1v) is 9.08. The molecule has 0 spiro atoms. The molecule has 0 fully saturated rings. The summed E-state index contributed by atoms with van der Waals surface area (Å²) in [7, 11) is 5.86. The van der Waals surface area contributed by atoms with Crippen LogP contribution < -0.4 is 10.1 Å². The van der Waals surface area contributed by atoms with Crippen LogP contribution in [0.15, 0.2) is 30.6 Å². The predicted molar refractivity (Wildman–Crippen MR) is 105 cm³/mol. The highest BCUT2D eigenvalue weighted by molar-refractivity contribution is 7.18. The highest BCUT2D eigenvalue weighted by Gasteiger charge is 2.17. The molecule has 0 amide bonds. The van der Waals surface area contributed by atoms with Gasteiger partial charge in [0.05, 0.1) is 18.5 Å². The minimum absolute atomic E-state index is 0.232. The molecule has 0 aliphatic heterocycles. The van der Waals surface area contributed by atoms with Crippen LogP contribution in [-0.4, -0.2) is 42.6 Å². The van der Waals surface area contributed by atoms with Crippen molar-refractivity contribution in [3.63, 3.8) is 0 Å². The molecule has 5 nitrogen and oxygen atoms in total. The predicted octanol–water partition coefficient (Wildman–Crippen LogP) is 4.03. The molecule has 25 heavy (non-hydrogen) atoms. The van der Waals surface area contributed by atoms with Crippen molar-refractivity contribution in [1.29, 1.82) is 0 Å². The Morgan fingerprint density at radius 2 is 1.88 bits per heavy atom. The maximum absolute atomic E-state index is 5.26. The molecule has 0 radical (unpaired) electrons. The second kappa shape index (κ2) is 7.37. The monoisotopic (exact) mass is 356 g/mol. The Morgan fingerprint density at radius 3 is 2.52 bits per heavy atom. The molecule has 0 aliphatic carbocycles. The average Bonchev–Trinajstić information content (AvgIpc) is 2.90. The Balaban J connectivity index is 1.84. The van der Waals surface area contributed by atoms with Gasteiger partial charge in [0.2, 0.25) is 0 Å². The molecule has 0 saturated heterocycles. The number of hydrogen-bond acceptors (Lipinski definition) is 6. The normalized spacial score (nSPS) is 12.6. The number of rotatable bonds is 6. The standard InChI is InChI=1S/C19H24N4OS/c1-12-13(2)25-19-17(12)18(21-11-22-19)20-10-16(23(3)4)14-6-8-15(24-5)9-7-14/h6-9,11,16H,10H2,1-5H3,(H,20,21,22)/t16-/m0/s1. The fraction of sp³-hybridized carbons (Fsp3) is 0.368. The maximum atomic E-state index is 5.26. The first-order valence-electron chi connectivity index (χ1n) is 8.26. The lowest BCUT2D eigenvalue weighted by Crippen LogP contribution is -2.27. The molecule has 1 N–H and O–H groups in total. The maximum Gasteiger partial charge on any atom is 0.138 e. The van der Waals surface area contributed by atoms with Gasteiger partial charge in [0.15, 0.2) is 0 Å². The van der Waals surface area contributed by atoms with E-state index in [1.807, 2.05) is 12.1 Å². The van der Waals surface area contributed by atoms with E-state index in [0.29, 0.717) is 0 Å². The fourth-order valence-electron chi connectivity index (χ4n) is 2.93. The Kier molecular flexibility index (Phi) is 5.20. The number of hydrogen-bond donors (Lipinski definition) is 1. The lowest BCUT2D eigenvalue weighted by atomic mass is 10.1. The van der Waals surface area contributed by atoms with E-state index in [0.717, 1.165) is 28.3 Å². The SMILES string of the molecule is COc1ccc([C@H](CNc2ncnc3sc(C)c(C)c23)N(C)C)cc1. The number of nitrogens with one attached hydrogen (secondary N) is 1. The Hall–Kier alpha value is -2.18. The third-order valence-corrected chi connectivity index (χ3v) is 5.67. The Labute approximate surface area is 152 Å². The molecular formula is C19H24N4OS. The van der Waals surface area contributed by atoms with Gasteiger partial charge in [0.25, 0.3) is 0 Å². The van der Waals surface area contributed by atoms with Crippen molar-refractivity contribution in [2.24, 2.45) is 0 Å². The first-order chi connectivity index (χ1) is 12.0. The van der Waals surface area contributed by atoms with Crippen molar-refractivity contribution >= 4 is 27.4 Å². The topological polar surface area (TPSA) is 50.3 Å². The molecule has 0 bridgehead atoms. The summed E-state index contributed by atoms with van der Waals surface area (Å²) in [6.07, 6.45) is 1.64. The Bertz CT molecular complexity index is 858. The Morgan fingerprint density at radius 1 is 1.16 bits per heavy atom. The zero-order valence-corrected chi connectivity index (χ0v) is 16.1. The fourth-order valence-corrected chi connectivity index (χ4v) is 3.93. The zero-order chi connectivity index (χ0) is 18.0. The second-order valence-corrected chi connectivity index (χ2v) is 7.52. The van der Waals surface area contributed by atoms with Gasteiger partial charge in [0, 0.05) is 11.4 Å². The minimum Gasteiger partial charge on any atom is -0.497 e. The minimum atomic E-state index is 0.232. The van der Waals surface area contributed by atoms with E-state index in [1.54, 1.807) is 24.8 Å². The van der Waals surface area contributed by atoms with Crippen molar-refractivity contribution in [2.45, 2.75) is 19.9 Å². The summed E-state index contributed by atoms with van der Waals surface area (Å²) in [5.74, 6) is 1.78. The number of fused-ring (bicyclic) bond motifs is 1. The van der Waals surface area contributed by atoms with E-state index < -0.39 is 0 Å². The van der Waals surface area contributed by atoms with E-state index in [-0.39, 0.29) is 6.04 Å². The number of aryl methyl sites for hydroxylation is 2. The second-order valence-electron chi connectivity index (χ2n) is 6.32. The molecule has 3 aromatic rings. The molecule has 6 heteroatoms. The molecule has 1 atom stereocenters.